The number of hydrogen-bond donors (Lipinski definition) is 1. The summed E-state index contributed by atoms with van der Waals surface area (Å²) >= 11 is 0. The summed E-state index contributed by atoms with van der Waals surface area (Å²) < 4.78 is 5.06. The Morgan fingerprint density at radius 3 is 2.82 bits per heavy atom. The zero-order valence-corrected chi connectivity index (χ0v) is 9.77. The monoisotopic (exact) mass is 234 g/mol. The molecule has 1 N–H and O–H groups in total. The van der Waals surface area contributed by atoms with Gasteiger partial charge in [-0.25, -0.2) is 0 Å². The molecule has 4 nitrogen and oxygen atoms in total. The van der Waals surface area contributed by atoms with Crippen LogP contribution in [-0.2, 0) is 4.79 Å². The maximum Gasteiger partial charge on any atom is 0.306 e. The Kier molecular flexibility index (Phi) is 2.88. The molecule has 1 aliphatic carbocycles. The van der Waals surface area contributed by atoms with Gasteiger partial charge in [-0.2, -0.15) is 0 Å². The number of carboxylic acids is 1. The van der Waals surface area contributed by atoms with E-state index in [1.54, 1.807) is 32.2 Å². The SMILES string of the molecule is COc1ccc2c(c1)C(=O)CC2C(C)C(=O)O. The number of carboxylic acid groups (broad SMARTS) is 1. The Labute approximate surface area is 99.2 Å². The number of methoxy groups -OCH3 is 1. The number of Topliss-reactive ketones (excluding diaryl/α,β-unsaturated/α-hetero) is 1. The first-order chi connectivity index (χ1) is 8.04. The highest BCUT2D eigenvalue weighted by molar-refractivity contribution is 6.02. The Balaban J connectivity index is 2.41. The lowest BCUT2D eigenvalue weighted by Gasteiger charge is -2.15. The average molecular weight is 234 g/mol. The van der Waals surface area contributed by atoms with Crippen molar-refractivity contribution >= 4 is 11.8 Å². The van der Waals surface area contributed by atoms with Gasteiger partial charge in [0.25, 0.3) is 0 Å². The molecule has 0 aliphatic heterocycles. The number of aliphatic carboxylic acids is 1. The van der Waals surface area contributed by atoms with E-state index < -0.39 is 11.9 Å². The van der Waals surface area contributed by atoms with Gasteiger partial charge in [0.2, 0.25) is 0 Å². The molecule has 0 saturated carbocycles. The molecule has 2 unspecified atom stereocenters. The Bertz CT molecular complexity index is 478. The minimum absolute atomic E-state index is 0.00278. The summed E-state index contributed by atoms with van der Waals surface area (Å²) in [5.41, 5.74) is 1.42. The average Bonchev–Trinajstić information content (AvgIpc) is 2.65. The summed E-state index contributed by atoms with van der Waals surface area (Å²) in [5, 5.41) is 9.02. The maximum absolute atomic E-state index is 11.8. The number of rotatable bonds is 3. The molecule has 0 bridgehead atoms. The van der Waals surface area contributed by atoms with E-state index in [1.165, 1.54) is 0 Å². The summed E-state index contributed by atoms with van der Waals surface area (Å²) in [7, 11) is 1.54. The molecular formula is C13H14O4. The number of fused-ring (bicyclic) bond motifs is 1. The van der Waals surface area contributed by atoms with Gasteiger partial charge in [0, 0.05) is 17.9 Å². The van der Waals surface area contributed by atoms with E-state index in [1.807, 2.05) is 0 Å². The maximum atomic E-state index is 11.8. The fourth-order valence-corrected chi connectivity index (χ4v) is 2.27. The Hall–Kier alpha value is -1.84. The minimum atomic E-state index is -0.869. The predicted octanol–water partition coefficient (Wildman–Crippen LogP) is 2.09. The van der Waals surface area contributed by atoms with E-state index in [-0.39, 0.29) is 18.1 Å². The lowest BCUT2D eigenvalue weighted by Crippen LogP contribution is -2.17. The molecule has 2 atom stereocenters. The fraction of sp³-hybridized carbons (Fsp3) is 0.385. The van der Waals surface area contributed by atoms with Crippen LogP contribution in [-0.4, -0.2) is 24.0 Å². The highest BCUT2D eigenvalue weighted by Gasteiger charge is 2.36. The zero-order chi connectivity index (χ0) is 12.6. The molecule has 0 radical (unpaired) electrons. The smallest absolute Gasteiger partial charge is 0.306 e. The first-order valence-corrected chi connectivity index (χ1v) is 5.48. The van der Waals surface area contributed by atoms with Crippen LogP contribution in [0.25, 0.3) is 0 Å². The van der Waals surface area contributed by atoms with Gasteiger partial charge in [-0.1, -0.05) is 13.0 Å². The molecule has 0 spiro atoms. The lowest BCUT2D eigenvalue weighted by atomic mass is 9.89. The Morgan fingerprint density at radius 2 is 2.24 bits per heavy atom. The molecule has 1 aliphatic rings. The standard InChI is InChI=1S/C13H14O4/c1-7(13(15)16)10-6-12(14)11-5-8(17-2)3-4-9(10)11/h3-5,7,10H,6H2,1-2H3,(H,15,16). The van der Waals surface area contributed by atoms with Gasteiger partial charge in [-0.05, 0) is 17.7 Å². The number of ketones is 1. The summed E-state index contributed by atoms with van der Waals surface area (Å²) in [6.45, 7) is 1.64. The molecule has 2 rings (SSSR count). The lowest BCUT2D eigenvalue weighted by molar-refractivity contribution is -0.141. The van der Waals surface area contributed by atoms with E-state index in [0.29, 0.717) is 11.3 Å². The van der Waals surface area contributed by atoms with E-state index in [4.69, 9.17) is 9.84 Å². The number of carbonyl (C=O) groups is 2. The zero-order valence-electron chi connectivity index (χ0n) is 9.77. The van der Waals surface area contributed by atoms with Crippen LogP contribution in [0.5, 0.6) is 5.75 Å². The molecular weight excluding hydrogens is 220 g/mol. The summed E-state index contributed by atoms with van der Waals surface area (Å²) in [6.07, 6.45) is 0.274. The molecule has 90 valence electrons. The normalized spacial score (nSPS) is 19.9. The van der Waals surface area contributed by atoms with Crippen molar-refractivity contribution < 1.29 is 19.4 Å². The third-order valence-corrected chi connectivity index (χ3v) is 3.36. The number of carbonyl (C=O) groups excluding carboxylic acids is 1. The molecule has 1 aromatic carbocycles. The van der Waals surface area contributed by atoms with Crippen LogP contribution < -0.4 is 4.74 Å². The van der Waals surface area contributed by atoms with Gasteiger partial charge in [0.1, 0.15) is 5.75 Å². The minimum Gasteiger partial charge on any atom is -0.497 e. The molecule has 0 heterocycles. The van der Waals surface area contributed by atoms with Crippen molar-refractivity contribution in [1.82, 2.24) is 0 Å². The molecule has 0 fully saturated rings. The van der Waals surface area contributed by atoms with Crippen molar-refractivity contribution in [1.29, 1.82) is 0 Å². The first-order valence-electron chi connectivity index (χ1n) is 5.48. The predicted molar refractivity (Wildman–Crippen MR) is 61.5 cm³/mol. The van der Waals surface area contributed by atoms with Crippen molar-refractivity contribution in [3.63, 3.8) is 0 Å². The third kappa shape index (κ3) is 1.90. The van der Waals surface area contributed by atoms with Crippen LogP contribution >= 0.6 is 0 Å². The molecule has 17 heavy (non-hydrogen) atoms. The molecule has 0 saturated heterocycles. The van der Waals surface area contributed by atoms with Crippen LogP contribution in [0.15, 0.2) is 18.2 Å². The van der Waals surface area contributed by atoms with Crippen molar-refractivity contribution in [3.05, 3.63) is 29.3 Å². The van der Waals surface area contributed by atoms with Gasteiger partial charge in [0.15, 0.2) is 5.78 Å². The van der Waals surface area contributed by atoms with Crippen LogP contribution in [0.1, 0.15) is 35.2 Å². The number of ether oxygens (including phenoxy) is 1. The van der Waals surface area contributed by atoms with Crippen LogP contribution in [0.2, 0.25) is 0 Å². The first kappa shape index (κ1) is 11.6. The molecule has 0 amide bonds. The largest absolute Gasteiger partial charge is 0.497 e. The van der Waals surface area contributed by atoms with Gasteiger partial charge in [0.05, 0.1) is 13.0 Å². The highest BCUT2D eigenvalue weighted by atomic mass is 16.5. The van der Waals surface area contributed by atoms with Gasteiger partial charge in [-0.3, -0.25) is 9.59 Å². The van der Waals surface area contributed by atoms with E-state index in [0.717, 1.165) is 5.56 Å². The van der Waals surface area contributed by atoms with Crippen molar-refractivity contribution in [2.24, 2.45) is 5.92 Å². The van der Waals surface area contributed by atoms with Crippen LogP contribution in [0.3, 0.4) is 0 Å². The van der Waals surface area contributed by atoms with E-state index >= 15 is 0 Å². The number of hydrogen-bond acceptors (Lipinski definition) is 3. The number of benzene rings is 1. The molecule has 4 heteroatoms. The van der Waals surface area contributed by atoms with Gasteiger partial charge >= 0.3 is 5.97 Å². The van der Waals surface area contributed by atoms with Crippen LogP contribution in [0.4, 0.5) is 0 Å². The molecule has 0 aromatic heterocycles. The van der Waals surface area contributed by atoms with Crippen LogP contribution in [0, 0.1) is 5.92 Å². The van der Waals surface area contributed by atoms with E-state index in [2.05, 4.69) is 0 Å². The molecule has 1 aromatic rings. The van der Waals surface area contributed by atoms with Crippen molar-refractivity contribution in [2.75, 3.05) is 7.11 Å². The third-order valence-electron chi connectivity index (χ3n) is 3.36. The second kappa shape index (κ2) is 4.20. The summed E-state index contributed by atoms with van der Waals surface area (Å²) in [6, 6.07) is 5.24. The summed E-state index contributed by atoms with van der Waals surface area (Å²) in [5.74, 6) is -1.02. The van der Waals surface area contributed by atoms with E-state index in [9.17, 15) is 9.59 Å². The quantitative estimate of drug-likeness (QED) is 0.869. The van der Waals surface area contributed by atoms with Gasteiger partial charge < -0.3 is 9.84 Å². The fourth-order valence-electron chi connectivity index (χ4n) is 2.27. The summed E-state index contributed by atoms with van der Waals surface area (Å²) in [4.78, 5) is 22.8. The van der Waals surface area contributed by atoms with Crippen molar-refractivity contribution in [3.8, 4) is 5.75 Å². The second-order valence-corrected chi connectivity index (χ2v) is 4.31. The highest BCUT2D eigenvalue weighted by Crippen LogP contribution is 2.39. The second-order valence-electron chi connectivity index (χ2n) is 4.31. The van der Waals surface area contributed by atoms with Gasteiger partial charge in [-0.15, -0.1) is 0 Å². The Morgan fingerprint density at radius 1 is 1.53 bits per heavy atom. The topological polar surface area (TPSA) is 63.6 Å². The van der Waals surface area contributed by atoms with Crippen molar-refractivity contribution in [2.45, 2.75) is 19.3 Å².